The van der Waals surface area contributed by atoms with Crippen LogP contribution in [0.4, 0.5) is 0 Å². The molecule has 0 heterocycles. The Morgan fingerprint density at radius 1 is 0.696 bits per heavy atom. The summed E-state index contributed by atoms with van der Waals surface area (Å²) in [5, 5.41) is 0. The molecule has 0 saturated heterocycles. The van der Waals surface area contributed by atoms with Crippen LogP contribution in [0.1, 0.15) is 52.7 Å². The normalized spacial score (nSPS) is 12.4. The first-order chi connectivity index (χ1) is 10.5. The zero-order valence-corrected chi connectivity index (χ0v) is 17.5. The monoisotopic (exact) mass is 387 g/mol. The maximum absolute atomic E-state index is 13.7. The van der Waals surface area contributed by atoms with E-state index < -0.39 is 20.1 Å². The third-order valence-corrected chi connectivity index (χ3v) is 10.1. The van der Waals surface area contributed by atoms with Crippen molar-refractivity contribution < 1.29 is 22.9 Å². The first-order valence-electron chi connectivity index (χ1n) is 8.11. The summed E-state index contributed by atoms with van der Waals surface area (Å²) < 4.78 is 24.1. The van der Waals surface area contributed by atoms with Gasteiger partial charge in [0.05, 0.1) is 0 Å². The molecule has 0 fully saturated rings. The molecule has 0 saturated carbocycles. The van der Waals surface area contributed by atoms with E-state index in [-0.39, 0.29) is 10.8 Å². The molecule has 2 aromatic carbocycles. The van der Waals surface area contributed by atoms with Crippen molar-refractivity contribution in [2.24, 2.45) is 0 Å². The van der Waals surface area contributed by atoms with Gasteiger partial charge in [-0.15, -0.1) is 0 Å². The van der Waals surface area contributed by atoms with Crippen molar-refractivity contribution in [3.05, 3.63) is 59.7 Å². The summed E-state index contributed by atoms with van der Waals surface area (Å²) >= 11 is -4.66. The average Bonchev–Trinajstić information content (AvgIpc) is 2.45. The molecule has 0 spiro atoms. The molecule has 3 heteroatoms. The number of hydrogen-bond donors (Lipinski definition) is 1. The van der Waals surface area contributed by atoms with Crippen molar-refractivity contribution in [3.63, 3.8) is 0 Å². The van der Waals surface area contributed by atoms with Crippen molar-refractivity contribution in [2.45, 2.75) is 52.4 Å². The third-order valence-electron chi connectivity index (χ3n) is 4.23. The SMILES string of the molecule is CC(C)(C)c1cccc[c]1[Zr](=[NH])(=[O])[c]1ccccc1C(C)(C)C. The summed E-state index contributed by atoms with van der Waals surface area (Å²) in [6.45, 7) is 12.7. The summed E-state index contributed by atoms with van der Waals surface area (Å²) in [7, 11) is 0. The van der Waals surface area contributed by atoms with Gasteiger partial charge in [-0.2, -0.15) is 0 Å². The number of benzene rings is 2. The predicted molar refractivity (Wildman–Crippen MR) is 93.0 cm³/mol. The molecule has 2 aromatic rings. The van der Waals surface area contributed by atoms with Gasteiger partial charge in [0.2, 0.25) is 0 Å². The molecular weight excluding hydrogens is 361 g/mol. The van der Waals surface area contributed by atoms with Gasteiger partial charge in [-0.05, 0) is 0 Å². The van der Waals surface area contributed by atoms with Gasteiger partial charge in [0, 0.05) is 0 Å². The molecule has 1 N–H and O–H groups in total. The maximum atomic E-state index is 13.7. The number of rotatable bonds is 2. The molecule has 0 aromatic heterocycles. The van der Waals surface area contributed by atoms with Gasteiger partial charge in [-0.1, -0.05) is 0 Å². The summed E-state index contributed by atoms with van der Waals surface area (Å²) in [6, 6.07) is 15.6. The van der Waals surface area contributed by atoms with Gasteiger partial charge in [0.1, 0.15) is 0 Å². The van der Waals surface area contributed by atoms with Crippen LogP contribution < -0.4 is 6.54 Å². The Morgan fingerprint density at radius 2 is 1.00 bits per heavy atom. The van der Waals surface area contributed by atoms with Gasteiger partial charge in [0.15, 0.2) is 0 Å². The molecular formula is C20H27NOZr. The fourth-order valence-corrected chi connectivity index (χ4v) is 9.49. The molecule has 2 nitrogen and oxygen atoms in total. The van der Waals surface area contributed by atoms with Crippen molar-refractivity contribution in [3.8, 4) is 0 Å². The number of nitrogens with one attached hydrogen (secondary N) is 1. The fourth-order valence-electron chi connectivity index (χ4n) is 3.03. The van der Waals surface area contributed by atoms with Crippen molar-refractivity contribution in [1.82, 2.24) is 0 Å². The van der Waals surface area contributed by atoms with Crippen LogP contribution in [-0.2, 0) is 33.8 Å². The van der Waals surface area contributed by atoms with E-state index in [1.54, 1.807) is 0 Å². The minimum absolute atomic E-state index is 0.124. The van der Waals surface area contributed by atoms with Gasteiger partial charge in [-0.3, -0.25) is 0 Å². The average molecular weight is 389 g/mol. The first kappa shape index (κ1) is 18.3. The summed E-state index contributed by atoms with van der Waals surface area (Å²) in [6.07, 6.45) is 0. The van der Waals surface area contributed by atoms with Gasteiger partial charge in [0.25, 0.3) is 0 Å². The molecule has 0 aliphatic rings. The number of hydrogen-bond acceptors (Lipinski definition) is 2. The topological polar surface area (TPSA) is 40.9 Å². The van der Waals surface area contributed by atoms with Crippen LogP contribution >= 0.6 is 0 Å². The Labute approximate surface area is 144 Å². The van der Waals surface area contributed by atoms with E-state index in [1.807, 2.05) is 48.5 Å². The van der Waals surface area contributed by atoms with E-state index in [4.69, 9.17) is 3.29 Å². The fraction of sp³-hybridized carbons (Fsp3) is 0.400. The molecule has 0 aliphatic heterocycles. The van der Waals surface area contributed by atoms with E-state index in [9.17, 15) is 2.81 Å². The first-order valence-corrected chi connectivity index (χ1v) is 12.8. The van der Waals surface area contributed by atoms with E-state index in [1.165, 1.54) is 0 Å². The Morgan fingerprint density at radius 3 is 1.30 bits per heavy atom. The molecule has 23 heavy (non-hydrogen) atoms. The van der Waals surface area contributed by atoms with E-state index in [0.29, 0.717) is 0 Å². The molecule has 122 valence electrons. The Bertz CT molecular complexity index is 743. The van der Waals surface area contributed by atoms with Gasteiger partial charge < -0.3 is 0 Å². The molecule has 0 unspecified atom stereocenters. The Hall–Kier alpha value is -1.08. The molecule has 0 atom stereocenters. The van der Waals surface area contributed by atoms with Crippen molar-refractivity contribution in [1.29, 1.82) is 3.29 Å². The zero-order chi connectivity index (χ0) is 17.5. The van der Waals surface area contributed by atoms with Crippen LogP contribution in [0.5, 0.6) is 0 Å². The standard InChI is InChI=1S/2C10H13.HN.O.Zr/c2*1-10(2,3)9-7-5-4-6-8-9;;;/h2*4-7H,1-3H3;1H;;. The Kier molecular flexibility index (Phi) is 4.84. The molecule has 0 amide bonds. The molecule has 0 bridgehead atoms. The summed E-state index contributed by atoms with van der Waals surface area (Å²) in [4.78, 5) is 0. The quantitative estimate of drug-likeness (QED) is 0.809. The molecule has 0 aliphatic carbocycles. The molecule has 2 rings (SSSR count). The zero-order valence-electron chi connectivity index (χ0n) is 15.0. The third kappa shape index (κ3) is 3.71. The predicted octanol–water partition coefficient (Wildman–Crippen LogP) is 4.49. The second kappa shape index (κ2) is 6.09. The van der Waals surface area contributed by atoms with Crippen LogP contribution in [0.15, 0.2) is 48.5 Å². The second-order valence-electron chi connectivity index (χ2n) is 8.27. The van der Waals surface area contributed by atoms with E-state index in [2.05, 4.69) is 41.5 Å². The van der Waals surface area contributed by atoms with Gasteiger partial charge in [-0.25, -0.2) is 0 Å². The van der Waals surface area contributed by atoms with E-state index >= 15 is 0 Å². The van der Waals surface area contributed by atoms with Crippen LogP contribution in [0.3, 0.4) is 0 Å². The van der Waals surface area contributed by atoms with Gasteiger partial charge >= 0.3 is 145 Å². The van der Waals surface area contributed by atoms with Crippen LogP contribution in [-0.4, -0.2) is 0 Å². The summed E-state index contributed by atoms with van der Waals surface area (Å²) in [5.41, 5.74) is 1.82. The molecule has 0 radical (unpaired) electrons. The second-order valence-corrected chi connectivity index (χ2v) is 14.3. The van der Waals surface area contributed by atoms with Crippen LogP contribution in [0.2, 0.25) is 0 Å². The summed E-state index contributed by atoms with van der Waals surface area (Å²) in [5.74, 6) is 0. The minimum atomic E-state index is -4.66. The van der Waals surface area contributed by atoms with Crippen LogP contribution in [0.25, 0.3) is 0 Å². The van der Waals surface area contributed by atoms with Crippen molar-refractivity contribution >= 4 is 6.54 Å². The Balaban J connectivity index is 2.77. The van der Waals surface area contributed by atoms with Crippen molar-refractivity contribution in [2.75, 3.05) is 0 Å². The van der Waals surface area contributed by atoms with E-state index in [0.717, 1.165) is 17.7 Å². The van der Waals surface area contributed by atoms with Crippen LogP contribution in [0, 0.1) is 3.29 Å².